The van der Waals surface area contributed by atoms with Crippen LogP contribution in [0, 0.1) is 0 Å². The minimum absolute atomic E-state index is 0.648. The quantitative estimate of drug-likeness (QED) is 0.301. The van der Waals surface area contributed by atoms with Gasteiger partial charge in [0, 0.05) is 0 Å². The van der Waals surface area contributed by atoms with Crippen LogP contribution in [0.4, 0.5) is 0 Å². The maximum atomic E-state index is 9.56. The largest absolute Gasteiger partial charge is 0.299 e. The zero-order valence-electron chi connectivity index (χ0n) is 4.28. The van der Waals surface area contributed by atoms with E-state index in [0.717, 1.165) is 0 Å². The van der Waals surface area contributed by atoms with Gasteiger partial charge in [0.15, 0.2) is 0 Å². The van der Waals surface area contributed by atoms with Crippen LogP contribution in [0.25, 0.3) is 0 Å². The van der Waals surface area contributed by atoms with Crippen LogP contribution in [-0.4, -0.2) is 12.6 Å². The van der Waals surface area contributed by atoms with Gasteiger partial charge in [0.05, 0.1) is 0 Å². The van der Waals surface area contributed by atoms with Crippen molar-refractivity contribution in [3.05, 3.63) is 24.3 Å². The second kappa shape index (κ2) is 5.82. The number of hydrogen-bond acceptors (Lipinski definition) is 2. The molecule has 0 spiro atoms. The van der Waals surface area contributed by atoms with Gasteiger partial charge < -0.3 is 0 Å². The molecule has 0 unspecified atom stereocenters. The van der Waals surface area contributed by atoms with Gasteiger partial charge in [-0.3, -0.25) is 9.59 Å². The molecule has 0 aromatic heterocycles. The Morgan fingerprint density at radius 1 is 0.625 bits per heavy atom. The Morgan fingerprint density at radius 3 is 1.25 bits per heavy atom. The monoisotopic (exact) mass is 110 g/mol. The van der Waals surface area contributed by atoms with Crippen molar-refractivity contribution in [2.45, 2.75) is 0 Å². The molecular weight excluding hydrogens is 104 g/mol. The fourth-order valence-electron chi connectivity index (χ4n) is 0.219. The molecule has 0 aromatic rings. The van der Waals surface area contributed by atoms with Gasteiger partial charge in [0.2, 0.25) is 0 Å². The molecule has 0 bridgehead atoms. The number of rotatable bonds is 3. The van der Waals surface area contributed by atoms with E-state index in [1.165, 1.54) is 24.3 Å². The number of hydrogen-bond donors (Lipinski definition) is 0. The third-order valence-electron chi connectivity index (χ3n) is 0.490. The predicted molar refractivity (Wildman–Crippen MR) is 30.4 cm³/mol. The first-order valence-electron chi connectivity index (χ1n) is 2.14. The lowest BCUT2D eigenvalue weighted by atomic mass is 10.4. The highest BCUT2D eigenvalue weighted by Crippen LogP contribution is 1.69. The fourth-order valence-corrected chi connectivity index (χ4v) is 0.219. The first-order chi connectivity index (χ1) is 3.91. The summed E-state index contributed by atoms with van der Waals surface area (Å²) in [5.74, 6) is 0. The van der Waals surface area contributed by atoms with Gasteiger partial charge in [-0.2, -0.15) is 0 Å². The molecule has 0 radical (unpaired) electrons. The summed E-state index contributed by atoms with van der Waals surface area (Å²) >= 11 is 0. The van der Waals surface area contributed by atoms with Crippen molar-refractivity contribution in [3.8, 4) is 0 Å². The van der Waals surface area contributed by atoms with Crippen molar-refractivity contribution >= 4 is 12.6 Å². The Labute approximate surface area is 47.5 Å². The molecule has 2 heteroatoms. The van der Waals surface area contributed by atoms with Crippen LogP contribution < -0.4 is 0 Å². The predicted octanol–water partition coefficient (Wildman–Crippen LogP) is 0.497. The van der Waals surface area contributed by atoms with Crippen LogP contribution in [0.3, 0.4) is 0 Å². The zero-order valence-corrected chi connectivity index (χ0v) is 4.28. The van der Waals surface area contributed by atoms with E-state index in [9.17, 15) is 9.59 Å². The summed E-state index contributed by atoms with van der Waals surface area (Å²) in [6.45, 7) is 0. The van der Waals surface area contributed by atoms with E-state index in [0.29, 0.717) is 12.6 Å². The number of aldehydes is 2. The van der Waals surface area contributed by atoms with Crippen molar-refractivity contribution in [2.24, 2.45) is 0 Å². The molecule has 0 heterocycles. The molecule has 2 nitrogen and oxygen atoms in total. The maximum Gasteiger partial charge on any atom is 0.142 e. The topological polar surface area (TPSA) is 34.1 Å². The first-order valence-corrected chi connectivity index (χ1v) is 2.14. The second-order valence-corrected chi connectivity index (χ2v) is 1.04. The van der Waals surface area contributed by atoms with Crippen LogP contribution in [0.5, 0.6) is 0 Å². The van der Waals surface area contributed by atoms with E-state index in [2.05, 4.69) is 0 Å². The van der Waals surface area contributed by atoms with Crippen LogP contribution in [0.15, 0.2) is 24.3 Å². The van der Waals surface area contributed by atoms with Gasteiger partial charge >= 0.3 is 0 Å². The molecule has 0 saturated carbocycles. The average Bonchev–Trinajstić information content (AvgIpc) is 1.81. The molecule has 0 aliphatic carbocycles. The fraction of sp³-hybridized carbons (Fsp3) is 0. The van der Waals surface area contributed by atoms with Crippen LogP contribution in [-0.2, 0) is 9.59 Å². The van der Waals surface area contributed by atoms with E-state index < -0.39 is 0 Å². The molecule has 0 amide bonds. The normalized spacial score (nSPS) is 10.5. The first kappa shape index (κ1) is 6.82. The molecule has 0 saturated heterocycles. The summed E-state index contributed by atoms with van der Waals surface area (Å²) in [5.41, 5.74) is 0. The smallest absolute Gasteiger partial charge is 0.142 e. The summed E-state index contributed by atoms with van der Waals surface area (Å²) in [7, 11) is 0. The number of carbonyl (C=O) groups is 2. The molecular formula is C6H6O2. The van der Waals surface area contributed by atoms with Crippen molar-refractivity contribution in [1.29, 1.82) is 0 Å². The van der Waals surface area contributed by atoms with E-state index in [1.54, 1.807) is 0 Å². The lowest BCUT2D eigenvalue weighted by Gasteiger charge is -1.62. The minimum Gasteiger partial charge on any atom is -0.299 e. The molecule has 0 aliphatic heterocycles. The van der Waals surface area contributed by atoms with Gasteiger partial charge in [-0.15, -0.1) is 0 Å². The summed E-state index contributed by atoms with van der Waals surface area (Å²) < 4.78 is 0. The lowest BCUT2D eigenvalue weighted by Crippen LogP contribution is -1.58. The SMILES string of the molecule is O=CC=C/C=C/C=O. The van der Waals surface area contributed by atoms with Crippen molar-refractivity contribution in [3.63, 3.8) is 0 Å². The Hall–Kier alpha value is -1.18. The van der Waals surface area contributed by atoms with Crippen LogP contribution in [0.2, 0.25) is 0 Å². The van der Waals surface area contributed by atoms with Gasteiger partial charge in [-0.25, -0.2) is 0 Å². The summed E-state index contributed by atoms with van der Waals surface area (Å²) in [4.78, 5) is 19.1. The van der Waals surface area contributed by atoms with Gasteiger partial charge in [-0.05, 0) is 12.2 Å². The molecule has 0 N–H and O–H groups in total. The Kier molecular flexibility index (Phi) is 4.96. The molecule has 8 heavy (non-hydrogen) atoms. The second-order valence-electron chi connectivity index (χ2n) is 1.04. The van der Waals surface area contributed by atoms with Gasteiger partial charge in [-0.1, -0.05) is 12.2 Å². The summed E-state index contributed by atoms with van der Waals surface area (Å²) in [6.07, 6.45) is 6.88. The molecule has 0 aromatic carbocycles. The molecule has 0 atom stereocenters. The molecule has 0 rings (SSSR count). The maximum absolute atomic E-state index is 9.56. The lowest BCUT2D eigenvalue weighted by molar-refractivity contribution is -0.104. The Morgan fingerprint density at radius 2 is 1.00 bits per heavy atom. The molecule has 0 fully saturated rings. The summed E-state index contributed by atoms with van der Waals surface area (Å²) in [6, 6.07) is 0. The Bertz CT molecular complexity index is 106. The third kappa shape index (κ3) is 4.82. The Balaban J connectivity index is 3.41. The number of allylic oxidation sites excluding steroid dienone is 4. The highest BCUT2D eigenvalue weighted by molar-refractivity contribution is 5.68. The van der Waals surface area contributed by atoms with Crippen molar-refractivity contribution < 1.29 is 9.59 Å². The third-order valence-corrected chi connectivity index (χ3v) is 0.490. The molecule has 0 aliphatic rings. The van der Waals surface area contributed by atoms with Crippen LogP contribution >= 0.6 is 0 Å². The average molecular weight is 110 g/mol. The standard InChI is InChI=1S/C6H6O2/c7-5-3-1-2-4-6-8/h1-6H/b3-1+,4-2?. The van der Waals surface area contributed by atoms with Gasteiger partial charge in [0.1, 0.15) is 12.6 Å². The minimum atomic E-state index is 0.648. The zero-order chi connectivity index (χ0) is 6.24. The van der Waals surface area contributed by atoms with Crippen molar-refractivity contribution in [2.75, 3.05) is 0 Å². The van der Waals surface area contributed by atoms with E-state index >= 15 is 0 Å². The van der Waals surface area contributed by atoms with Crippen molar-refractivity contribution in [1.82, 2.24) is 0 Å². The van der Waals surface area contributed by atoms with E-state index in [4.69, 9.17) is 0 Å². The van der Waals surface area contributed by atoms with E-state index in [1.807, 2.05) is 0 Å². The highest BCUT2D eigenvalue weighted by atomic mass is 16.1. The number of carbonyl (C=O) groups excluding carboxylic acids is 2. The van der Waals surface area contributed by atoms with Crippen LogP contribution in [0.1, 0.15) is 0 Å². The van der Waals surface area contributed by atoms with E-state index in [-0.39, 0.29) is 0 Å². The molecule has 42 valence electrons. The summed E-state index contributed by atoms with van der Waals surface area (Å²) in [5, 5.41) is 0. The van der Waals surface area contributed by atoms with Gasteiger partial charge in [0.25, 0.3) is 0 Å². The highest BCUT2D eigenvalue weighted by Gasteiger charge is 1.60.